The molecule has 0 atom stereocenters. The zero-order valence-corrected chi connectivity index (χ0v) is 10.5. The molecule has 0 amide bonds. The first-order chi connectivity index (χ1) is 9.08. The number of aromatic nitrogens is 1. The summed E-state index contributed by atoms with van der Waals surface area (Å²) in [6.07, 6.45) is 1.65. The van der Waals surface area contributed by atoms with Crippen molar-refractivity contribution in [3.63, 3.8) is 0 Å². The Bertz CT molecular complexity index is 638. The summed E-state index contributed by atoms with van der Waals surface area (Å²) in [6.45, 7) is 2.23. The highest BCUT2D eigenvalue weighted by Gasteiger charge is 2.06. The van der Waals surface area contributed by atoms with E-state index in [1.807, 2.05) is 0 Å². The van der Waals surface area contributed by atoms with Crippen molar-refractivity contribution in [1.29, 1.82) is 0 Å². The molecule has 0 aliphatic heterocycles. The average molecular weight is 264 g/mol. The largest absolute Gasteiger partial charge is 0.381 e. The molecule has 0 spiro atoms. The molecule has 1 aromatic heterocycles. The molecule has 100 valence electrons. The van der Waals surface area contributed by atoms with Crippen LogP contribution < -0.4 is 10.9 Å². The van der Waals surface area contributed by atoms with Crippen LogP contribution in [0.5, 0.6) is 0 Å². The zero-order chi connectivity index (χ0) is 13.8. The maximum absolute atomic E-state index is 13.5. The molecular weight excluding hydrogens is 250 g/mol. The van der Waals surface area contributed by atoms with Gasteiger partial charge in [-0.25, -0.2) is 8.78 Å². The number of rotatable bonds is 4. The quantitative estimate of drug-likeness (QED) is 0.920. The predicted molar refractivity (Wildman–Crippen MR) is 70.3 cm³/mol. The molecule has 0 aliphatic carbocycles. The number of aryl methyl sites for hydroxylation is 1. The fraction of sp³-hybridized carbons (Fsp3) is 0.214. The Morgan fingerprint density at radius 1 is 1.21 bits per heavy atom. The first kappa shape index (κ1) is 13.3. The third kappa shape index (κ3) is 3.19. The molecule has 0 aliphatic rings. The van der Waals surface area contributed by atoms with Crippen molar-refractivity contribution in [3.8, 4) is 0 Å². The molecule has 2 aromatic rings. The third-order valence-electron chi connectivity index (χ3n) is 2.82. The number of nitrogens with one attached hydrogen (secondary N) is 1. The lowest BCUT2D eigenvalue weighted by Gasteiger charge is -2.10. The van der Waals surface area contributed by atoms with Crippen molar-refractivity contribution in [2.24, 2.45) is 0 Å². The lowest BCUT2D eigenvalue weighted by atomic mass is 10.2. The van der Waals surface area contributed by atoms with Gasteiger partial charge in [-0.15, -0.1) is 0 Å². The fourth-order valence-electron chi connectivity index (χ4n) is 1.74. The van der Waals surface area contributed by atoms with Gasteiger partial charge in [-0.2, -0.15) is 0 Å². The molecular formula is C14H14F2N2O. The third-order valence-corrected chi connectivity index (χ3v) is 2.82. The lowest BCUT2D eigenvalue weighted by molar-refractivity contribution is 0.593. The van der Waals surface area contributed by atoms with E-state index in [9.17, 15) is 13.6 Å². The van der Waals surface area contributed by atoms with Crippen LogP contribution in [0.2, 0.25) is 0 Å². The molecule has 0 radical (unpaired) electrons. The molecule has 1 heterocycles. The summed E-state index contributed by atoms with van der Waals surface area (Å²) in [4.78, 5) is 11.4. The van der Waals surface area contributed by atoms with Gasteiger partial charge in [0.25, 0.3) is 5.56 Å². The Morgan fingerprint density at radius 2 is 2.00 bits per heavy atom. The van der Waals surface area contributed by atoms with E-state index in [-0.39, 0.29) is 16.8 Å². The van der Waals surface area contributed by atoms with E-state index < -0.39 is 11.6 Å². The van der Waals surface area contributed by atoms with Gasteiger partial charge in [0, 0.05) is 31.4 Å². The van der Waals surface area contributed by atoms with Gasteiger partial charge in [-0.1, -0.05) is 6.07 Å². The molecule has 0 bridgehead atoms. The normalized spacial score (nSPS) is 10.5. The van der Waals surface area contributed by atoms with E-state index in [1.54, 1.807) is 18.3 Å². The highest BCUT2D eigenvalue weighted by Crippen LogP contribution is 2.18. The van der Waals surface area contributed by atoms with Crippen molar-refractivity contribution in [1.82, 2.24) is 4.57 Å². The molecule has 1 N–H and O–H groups in total. The Morgan fingerprint density at radius 3 is 2.74 bits per heavy atom. The van der Waals surface area contributed by atoms with Crippen molar-refractivity contribution in [3.05, 3.63) is 64.1 Å². The molecule has 0 saturated carbocycles. The van der Waals surface area contributed by atoms with Gasteiger partial charge in [0.1, 0.15) is 11.6 Å². The number of nitrogens with zero attached hydrogens (tertiary/aromatic N) is 1. The van der Waals surface area contributed by atoms with E-state index in [2.05, 4.69) is 5.32 Å². The van der Waals surface area contributed by atoms with E-state index in [0.717, 1.165) is 12.1 Å². The highest BCUT2D eigenvalue weighted by molar-refractivity contribution is 5.46. The minimum Gasteiger partial charge on any atom is -0.381 e. The molecule has 1 aromatic carbocycles. The highest BCUT2D eigenvalue weighted by atomic mass is 19.1. The Balaban J connectivity index is 2.02. The predicted octanol–water partition coefficient (Wildman–Crippen LogP) is 2.55. The van der Waals surface area contributed by atoms with Crippen LogP contribution in [0.3, 0.4) is 0 Å². The molecule has 3 nitrogen and oxygen atoms in total. The van der Waals surface area contributed by atoms with Crippen LogP contribution in [0.1, 0.15) is 5.56 Å². The van der Waals surface area contributed by atoms with Gasteiger partial charge in [-0.3, -0.25) is 4.79 Å². The number of benzene rings is 1. The van der Waals surface area contributed by atoms with E-state index in [1.165, 1.54) is 17.6 Å². The van der Waals surface area contributed by atoms with Crippen molar-refractivity contribution in [2.45, 2.75) is 13.5 Å². The zero-order valence-electron chi connectivity index (χ0n) is 10.5. The molecule has 5 heteroatoms. The van der Waals surface area contributed by atoms with E-state index >= 15 is 0 Å². The lowest BCUT2D eigenvalue weighted by Crippen LogP contribution is -2.22. The van der Waals surface area contributed by atoms with Crippen molar-refractivity contribution >= 4 is 5.69 Å². The first-order valence-electron chi connectivity index (χ1n) is 5.93. The minimum absolute atomic E-state index is 0.104. The Kier molecular flexibility index (Phi) is 3.94. The molecule has 2 rings (SSSR count). The van der Waals surface area contributed by atoms with Gasteiger partial charge < -0.3 is 9.88 Å². The molecule has 19 heavy (non-hydrogen) atoms. The summed E-state index contributed by atoms with van der Waals surface area (Å²) in [7, 11) is 0. The van der Waals surface area contributed by atoms with Gasteiger partial charge in [0.15, 0.2) is 0 Å². The van der Waals surface area contributed by atoms with Crippen LogP contribution >= 0.6 is 0 Å². The maximum atomic E-state index is 13.5. The second kappa shape index (κ2) is 5.65. The monoisotopic (exact) mass is 264 g/mol. The summed E-state index contributed by atoms with van der Waals surface area (Å²) in [5, 5.41) is 2.78. The SMILES string of the molecule is Cc1cc(F)c(NCCn2ccccc2=O)cc1F. The van der Waals surface area contributed by atoms with Crippen LogP contribution in [0.15, 0.2) is 41.3 Å². The van der Waals surface area contributed by atoms with Crippen LogP contribution in [0.4, 0.5) is 14.5 Å². The average Bonchev–Trinajstić information content (AvgIpc) is 2.38. The van der Waals surface area contributed by atoms with Gasteiger partial charge >= 0.3 is 0 Å². The standard InChI is InChI=1S/C14H14F2N2O/c1-10-8-12(16)13(9-11(10)15)17-5-7-18-6-3-2-4-14(18)19/h2-4,6,8-9,17H,5,7H2,1H3. The summed E-state index contributed by atoms with van der Waals surface area (Å²) in [5.74, 6) is -0.958. The fourth-order valence-corrected chi connectivity index (χ4v) is 1.74. The summed E-state index contributed by atoms with van der Waals surface area (Å²) >= 11 is 0. The minimum atomic E-state index is -0.501. The summed E-state index contributed by atoms with van der Waals surface area (Å²) in [6, 6.07) is 7.12. The first-order valence-corrected chi connectivity index (χ1v) is 5.93. The van der Waals surface area contributed by atoms with Crippen molar-refractivity contribution < 1.29 is 8.78 Å². The second-order valence-electron chi connectivity index (χ2n) is 4.24. The molecule has 0 saturated heterocycles. The summed E-state index contributed by atoms with van der Waals surface area (Å²) in [5.41, 5.74) is 0.245. The Labute approximate surface area is 109 Å². The molecule has 0 fully saturated rings. The van der Waals surface area contributed by atoms with Crippen LogP contribution in [-0.4, -0.2) is 11.1 Å². The van der Waals surface area contributed by atoms with Crippen molar-refractivity contribution in [2.75, 3.05) is 11.9 Å². The van der Waals surface area contributed by atoms with E-state index in [0.29, 0.717) is 13.1 Å². The van der Waals surface area contributed by atoms with Crippen LogP contribution in [0, 0.1) is 18.6 Å². The van der Waals surface area contributed by atoms with Crippen LogP contribution in [-0.2, 0) is 6.54 Å². The smallest absolute Gasteiger partial charge is 0.250 e. The van der Waals surface area contributed by atoms with Gasteiger partial charge in [-0.05, 0) is 24.6 Å². The number of hydrogen-bond acceptors (Lipinski definition) is 2. The topological polar surface area (TPSA) is 34.0 Å². The van der Waals surface area contributed by atoms with Crippen LogP contribution in [0.25, 0.3) is 0 Å². The number of pyridine rings is 1. The number of anilines is 1. The van der Waals surface area contributed by atoms with E-state index in [4.69, 9.17) is 0 Å². The Hall–Kier alpha value is -2.17. The van der Waals surface area contributed by atoms with Gasteiger partial charge in [0.2, 0.25) is 0 Å². The second-order valence-corrected chi connectivity index (χ2v) is 4.24. The number of halogens is 2. The number of hydrogen-bond donors (Lipinski definition) is 1. The summed E-state index contributed by atoms with van der Waals surface area (Å²) < 4.78 is 28.3. The molecule has 0 unspecified atom stereocenters. The van der Waals surface area contributed by atoms with Gasteiger partial charge in [0.05, 0.1) is 5.69 Å². The maximum Gasteiger partial charge on any atom is 0.250 e.